The Morgan fingerprint density at radius 2 is 1.45 bits per heavy atom. The standard InChI is InChI=1S/C16H29N5O7S/c1-6(2)11(15(26)21-12(7(3)22)16(27)28)20-14(25)9(5-29)19-13(24)8(17)4-10(18)23/h6-9,11-12,22,29H,4-5,17H2,1-3H3,(H2,18,23)(H,19,24)(H,20,25)(H,21,26)(H,27,28). The van der Waals surface area contributed by atoms with E-state index >= 15 is 0 Å². The van der Waals surface area contributed by atoms with Gasteiger partial charge in [-0.3, -0.25) is 19.2 Å². The Hall–Kier alpha value is -2.38. The molecule has 0 saturated heterocycles. The smallest absolute Gasteiger partial charge is 0.328 e. The number of carboxylic acids is 1. The summed E-state index contributed by atoms with van der Waals surface area (Å²) >= 11 is 3.98. The van der Waals surface area contributed by atoms with Crippen molar-refractivity contribution in [2.75, 3.05) is 5.75 Å². The Balaban J connectivity index is 5.18. The van der Waals surface area contributed by atoms with E-state index in [4.69, 9.17) is 16.6 Å². The van der Waals surface area contributed by atoms with Crippen molar-refractivity contribution in [3.8, 4) is 0 Å². The SMILES string of the molecule is CC(C)C(NC(=O)C(CS)NC(=O)C(N)CC(N)=O)C(=O)NC(C(=O)O)C(C)O. The van der Waals surface area contributed by atoms with Crippen molar-refractivity contribution < 1.29 is 34.2 Å². The maximum Gasteiger partial charge on any atom is 0.328 e. The van der Waals surface area contributed by atoms with Crippen LogP contribution in [0.3, 0.4) is 0 Å². The first-order valence-electron chi connectivity index (χ1n) is 8.78. The number of carbonyl (C=O) groups is 5. The van der Waals surface area contributed by atoms with Crippen molar-refractivity contribution in [3.63, 3.8) is 0 Å². The molecule has 0 saturated carbocycles. The molecule has 0 aliphatic heterocycles. The fourth-order valence-electron chi connectivity index (χ4n) is 2.20. The molecule has 9 N–H and O–H groups in total. The second-order valence-electron chi connectivity index (χ2n) is 6.82. The lowest BCUT2D eigenvalue weighted by Crippen LogP contribution is -2.60. The number of nitrogens with two attached hydrogens (primary N) is 2. The van der Waals surface area contributed by atoms with Crippen LogP contribution in [0.25, 0.3) is 0 Å². The van der Waals surface area contributed by atoms with Crippen LogP contribution in [0.2, 0.25) is 0 Å². The minimum absolute atomic E-state index is 0.140. The number of carbonyl (C=O) groups excluding carboxylic acids is 4. The topological polar surface area (TPSA) is 214 Å². The summed E-state index contributed by atoms with van der Waals surface area (Å²) in [5.41, 5.74) is 10.5. The maximum absolute atomic E-state index is 12.5. The van der Waals surface area contributed by atoms with Crippen molar-refractivity contribution in [2.45, 2.75) is 57.5 Å². The first-order valence-corrected chi connectivity index (χ1v) is 9.41. The van der Waals surface area contributed by atoms with E-state index in [0.29, 0.717) is 0 Å². The van der Waals surface area contributed by atoms with Crippen LogP contribution in [0.5, 0.6) is 0 Å². The number of rotatable bonds is 12. The highest BCUT2D eigenvalue weighted by atomic mass is 32.1. The van der Waals surface area contributed by atoms with Crippen LogP contribution in [0, 0.1) is 5.92 Å². The van der Waals surface area contributed by atoms with Gasteiger partial charge in [0.15, 0.2) is 6.04 Å². The molecule has 0 aliphatic rings. The summed E-state index contributed by atoms with van der Waals surface area (Å²) in [5, 5.41) is 25.4. The molecule has 5 unspecified atom stereocenters. The second-order valence-corrected chi connectivity index (χ2v) is 7.18. The van der Waals surface area contributed by atoms with Crippen LogP contribution in [0.1, 0.15) is 27.2 Å². The van der Waals surface area contributed by atoms with E-state index in [1.807, 2.05) is 0 Å². The summed E-state index contributed by atoms with van der Waals surface area (Å²) in [7, 11) is 0. The van der Waals surface area contributed by atoms with Gasteiger partial charge in [-0.25, -0.2) is 4.79 Å². The van der Waals surface area contributed by atoms with Gasteiger partial charge in [-0.2, -0.15) is 12.6 Å². The maximum atomic E-state index is 12.5. The Morgan fingerprint density at radius 1 is 0.931 bits per heavy atom. The second kappa shape index (κ2) is 12.2. The predicted octanol–water partition coefficient (Wildman–Crippen LogP) is -3.31. The molecule has 0 heterocycles. The number of aliphatic hydroxyl groups excluding tert-OH is 1. The van der Waals surface area contributed by atoms with Gasteiger partial charge >= 0.3 is 5.97 Å². The Labute approximate surface area is 173 Å². The van der Waals surface area contributed by atoms with Crippen molar-refractivity contribution in [1.29, 1.82) is 0 Å². The van der Waals surface area contributed by atoms with Gasteiger partial charge in [0.05, 0.1) is 18.6 Å². The van der Waals surface area contributed by atoms with Crippen LogP contribution < -0.4 is 27.4 Å². The van der Waals surface area contributed by atoms with Gasteiger partial charge in [-0.1, -0.05) is 13.8 Å². The molecule has 0 fully saturated rings. The summed E-state index contributed by atoms with van der Waals surface area (Å²) in [6.07, 6.45) is -1.78. The van der Waals surface area contributed by atoms with E-state index in [9.17, 15) is 29.1 Å². The first kappa shape index (κ1) is 26.6. The average molecular weight is 436 g/mol. The van der Waals surface area contributed by atoms with E-state index in [2.05, 4.69) is 28.6 Å². The summed E-state index contributed by atoms with van der Waals surface area (Å²) in [6, 6.07) is -5.14. The number of aliphatic carboxylic acids is 1. The third kappa shape index (κ3) is 9.11. The highest BCUT2D eigenvalue weighted by Gasteiger charge is 2.33. The fourth-order valence-corrected chi connectivity index (χ4v) is 2.46. The molecule has 4 amide bonds. The minimum atomic E-state index is -1.56. The van der Waals surface area contributed by atoms with E-state index < -0.39 is 72.2 Å². The molecular weight excluding hydrogens is 406 g/mol. The highest BCUT2D eigenvalue weighted by Crippen LogP contribution is 2.05. The monoisotopic (exact) mass is 435 g/mol. The molecule has 0 aromatic heterocycles. The van der Waals surface area contributed by atoms with Gasteiger partial charge in [0, 0.05) is 5.75 Å². The normalized spacial score (nSPS) is 16.1. The average Bonchev–Trinajstić information content (AvgIpc) is 2.59. The molecule has 0 aromatic carbocycles. The van der Waals surface area contributed by atoms with E-state index in [-0.39, 0.29) is 5.75 Å². The third-order valence-electron chi connectivity index (χ3n) is 3.87. The number of hydrogen-bond acceptors (Lipinski definition) is 8. The lowest BCUT2D eigenvalue weighted by Gasteiger charge is -2.27. The summed E-state index contributed by atoms with van der Waals surface area (Å²) in [5.74, 6) is -5.21. The number of carboxylic acid groups (broad SMARTS) is 1. The molecule has 0 spiro atoms. The number of aliphatic hydroxyl groups is 1. The number of thiol groups is 1. The number of nitrogens with one attached hydrogen (secondary N) is 3. The van der Waals surface area contributed by atoms with Crippen molar-refractivity contribution >= 4 is 42.2 Å². The van der Waals surface area contributed by atoms with Gasteiger partial charge in [0.25, 0.3) is 0 Å². The summed E-state index contributed by atoms with van der Waals surface area (Å²) in [6.45, 7) is 4.42. The zero-order valence-corrected chi connectivity index (χ0v) is 17.3. The molecule has 0 radical (unpaired) electrons. The molecule has 29 heavy (non-hydrogen) atoms. The molecule has 0 aromatic rings. The molecule has 13 heteroatoms. The largest absolute Gasteiger partial charge is 0.480 e. The van der Waals surface area contributed by atoms with Gasteiger partial charge in [-0.15, -0.1) is 0 Å². The lowest BCUT2D eigenvalue weighted by atomic mass is 10.0. The van der Waals surface area contributed by atoms with Crippen molar-refractivity contribution in [2.24, 2.45) is 17.4 Å². The van der Waals surface area contributed by atoms with E-state index in [0.717, 1.165) is 0 Å². The molecule has 0 rings (SSSR count). The first-order chi connectivity index (χ1) is 13.3. The molecule has 5 atom stereocenters. The van der Waals surface area contributed by atoms with Crippen LogP contribution in [-0.2, 0) is 24.0 Å². The molecule has 12 nitrogen and oxygen atoms in total. The zero-order valence-electron chi connectivity index (χ0n) is 16.4. The number of amides is 4. The van der Waals surface area contributed by atoms with Gasteiger partial charge in [0.2, 0.25) is 23.6 Å². The number of primary amides is 1. The lowest BCUT2D eigenvalue weighted by molar-refractivity contribution is -0.145. The minimum Gasteiger partial charge on any atom is -0.480 e. The molecule has 0 aliphatic carbocycles. The van der Waals surface area contributed by atoms with Gasteiger partial charge in [-0.05, 0) is 12.8 Å². The van der Waals surface area contributed by atoms with Gasteiger partial charge < -0.3 is 37.6 Å². The van der Waals surface area contributed by atoms with Crippen molar-refractivity contribution in [1.82, 2.24) is 16.0 Å². The van der Waals surface area contributed by atoms with Gasteiger partial charge in [0.1, 0.15) is 12.1 Å². The Kier molecular flexibility index (Phi) is 11.2. The third-order valence-corrected chi connectivity index (χ3v) is 4.23. The summed E-state index contributed by atoms with van der Waals surface area (Å²) in [4.78, 5) is 58.9. The quantitative estimate of drug-likeness (QED) is 0.145. The van der Waals surface area contributed by atoms with Crippen LogP contribution >= 0.6 is 12.6 Å². The highest BCUT2D eigenvalue weighted by molar-refractivity contribution is 7.80. The Morgan fingerprint density at radius 3 is 1.83 bits per heavy atom. The molecule has 0 bridgehead atoms. The van der Waals surface area contributed by atoms with E-state index in [1.54, 1.807) is 13.8 Å². The van der Waals surface area contributed by atoms with Crippen molar-refractivity contribution in [3.05, 3.63) is 0 Å². The Bertz CT molecular complexity index is 629. The summed E-state index contributed by atoms with van der Waals surface area (Å²) < 4.78 is 0. The number of hydrogen-bond donors (Lipinski definition) is 8. The van der Waals surface area contributed by atoms with Crippen LogP contribution in [0.15, 0.2) is 0 Å². The zero-order chi connectivity index (χ0) is 22.9. The fraction of sp³-hybridized carbons (Fsp3) is 0.688. The van der Waals surface area contributed by atoms with Crippen LogP contribution in [-0.4, -0.2) is 75.8 Å². The molecular formula is C16H29N5O7S. The van der Waals surface area contributed by atoms with E-state index in [1.165, 1.54) is 6.92 Å². The predicted molar refractivity (Wildman–Crippen MR) is 106 cm³/mol. The van der Waals surface area contributed by atoms with Crippen LogP contribution in [0.4, 0.5) is 0 Å². The molecule has 166 valence electrons.